The Kier molecular flexibility index (Phi) is 1.58. The van der Waals surface area contributed by atoms with Crippen molar-refractivity contribution in [1.82, 2.24) is 4.90 Å². The summed E-state index contributed by atoms with van der Waals surface area (Å²) in [4.78, 5) is 11.6. The van der Waals surface area contributed by atoms with Gasteiger partial charge in [0.25, 0.3) is 0 Å². The van der Waals surface area contributed by atoms with Gasteiger partial charge in [0, 0.05) is 0 Å². The van der Waals surface area contributed by atoms with Gasteiger partial charge in [-0.15, -0.1) is 0 Å². The molecule has 1 rings (SSSR count). The van der Waals surface area contributed by atoms with Crippen LogP contribution in [0.3, 0.4) is 0 Å². The molecule has 0 aliphatic carbocycles. The number of amidine groups is 1. The lowest BCUT2D eigenvalue weighted by molar-refractivity contribution is -0.159. The molecule has 0 unspecified atom stereocenters. The molecule has 0 atom stereocenters. The summed E-state index contributed by atoms with van der Waals surface area (Å²) in [7, 11) is 0. The number of rotatable bonds is 1. The molecule has 1 saturated heterocycles. The van der Waals surface area contributed by atoms with Gasteiger partial charge in [0.2, 0.25) is 5.67 Å². The van der Waals surface area contributed by atoms with Crippen LogP contribution < -0.4 is 0 Å². The monoisotopic (exact) mass is 160 g/mol. The van der Waals surface area contributed by atoms with Crippen molar-refractivity contribution >= 4 is 11.8 Å². The fourth-order valence-electron chi connectivity index (χ4n) is 0.931. The number of hydrogen-bond acceptors (Lipinski definition) is 2. The van der Waals surface area contributed by atoms with Crippen LogP contribution in [-0.4, -0.2) is 40.6 Å². The zero-order chi connectivity index (χ0) is 8.65. The van der Waals surface area contributed by atoms with Crippen LogP contribution in [0.15, 0.2) is 0 Å². The second-order valence-corrected chi connectivity index (χ2v) is 2.71. The van der Waals surface area contributed by atoms with Crippen molar-refractivity contribution in [3.8, 4) is 0 Å². The van der Waals surface area contributed by atoms with Crippen molar-refractivity contribution in [2.24, 2.45) is 0 Å². The van der Waals surface area contributed by atoms with Crippen LogP contribution >= 0.6 is 0 Å². The Hall–Kier alpha value is -1.13. The number of halogens is 1. The minimum absolute atomic E-state index is 0.197. The molecule has 1 aliphatic rings. The molecule has 0 aromatic heterocycles. The van der Waals surface area contributed by atoms with Crippen molar-refractivity contribution in [3.63, 3.8) is 0 Å². The maximum atomic E-state index is 12.9. The molecule has 0 radical (unpaired) electrons. The first-order valence-corrected chi connectivity index (χ1v) is 3.18. The normalized spacial score (nSPS) is 20.7. The van der Waals surface area contributed by atoms with Gasteiger partial charge in [0.1, 0.15) is 0 Å². The number of carbonyl (C=O) groups is 1. The van der Waals surface area contributed by atoms with Crippen molar-refractivity contribution in [3.05, 3.63) is 0 Å². The van der Waals surface area contributed by atoms with E-state index < -0.39 is 11.6 Å². The fourth-order valence-corrected chi connectivity index (χ4v) is 0.931. The number of likely N-dealkylation sites (tertiary alicyclic amines) is 1. The van der Waals surface area contributed by atoms with Gasteiger partial charge in [-0.3, -0.25) is 5.41 Å². The van der Waals surface area contributed by atoms with E-state index in [9.17, 15) is 9.18 Å². The lowest BCUT2D eigenvalue weighted by atomic mass is 9.97. The zero-order valence-corrected chi connectivity index (χ0v) is 6.09. The summed E-state index contributed by atoms with van der Waals surface area (Å²) in [6, 6.07) is 0. The van der Waals surface area contributed by atoms with Gasteiger partial charge in [-0.2, -0.15) is 0 Å². The standard InChI is InChI=1S/C6H9FN2O2/c1-4(8)9-2-6(7,3-9)5(10)11/h8H,2-3H2,1H3,(H,10,11). The average Bonchev–Trinajstić information content (AvgIpc) is 1.79. The number of aliphatic carboxylic acids is 1. The molecule has 1 fully saturated rings. The lowest BCUT2D eigenvalue weighted by Gasteiger charge is -2.42. The van der Waals surface area contributed by atoms with Crippen LogP contribution in [-0.2, 0) is 4.79 Å². The van der Waals surface area contributed by atoms with E-state index in [0.717, 1.165) is 0 Å². The highest BCUT2D eigenvalue weighted by Gasteiger charge is 2.50. The van der Waals surface area contributed by atoms with Gasteiger partial charge in [0.05, 0.1) is 18.9 Å². The minimum Gasteiger partial charge on any atom is -0.479 e. The Bertz CT molecular complexity index is 211. The summed E-state index contributed by atoms with van der Waals surface area (Å²) < 4.78 is 12.9. The van der Waals surface area contributed by atoms with E-state index in [4.69, 9.17) is 10.5 Å². The molecule has 1 aliphatic heterocycles. The highest BCUT2D eigenvalue weighted by atomic mass is 19.1. The molecule has 0 saturated carbocycles. The molecule has 1 heterocycles. The Balaban J connectivity index is 2.50. The largest absolute Gasteiger partial charge is 0.479 e. The van der Waals surface area contributed by atoms with E-state index in [1.54, 1.807) is 0 Å². The predicted molar refractivity (Wildman–Crippen MR) is 36.4 cm³/mol. The third-order valence-corrected chi connectivity index (χ3v) is 1.74. The van der Waals surface area contributed by atoms with Crippen molar-refractivity contribution in [2.45, 2.75) is 12.6 Å². The van der Waals surface area contributed by atoms with Crippen LogP contribution in [0.1, 0.15) is 6.92 Å². The first-order chi connectivity index (χ1) is 4.96. The van der Waals surface area contributed by atoms with E-state index in [2.05, 4.69) is 0 Å². The molecule has 0 spiro atoms. The van der Waals surface area contributed by atoms with Gasteiger partial charge < -0.3 is 10.0 Å². The third kappa shape index (κ3) is 1.18. The molecule has 0 aromatic rings. The van der Waals surface area contributed by atoms with Gasteiger partial charge >= 0.3 is 5.97 Å². The van der Waals surface area contributed by atoms with E-state index in [1.165, 1.54) is 11.8 Å². The summed E-state index contributed by atoms with van der Waals surface area (Å²) in [5, 5.41) is 15.4. The second kappa shape index (κ2) is 2.18. The number of nitrogens with one attached hydrogen (secondary N) is 1. The van der Waals surface area contributed by atoms with E-state index in [-0.39, 0.29) is 18.9 Å². The number of carboxylic acid groups (broad SMARTS) is 1. The summed E-state index contributed by atoms with van der Waals surface area (Å²) in [6.45, 7) is 1.11. The van der Waals surface area contributed by atoms with E-state index >= 15 is 0 Å². The van der Waals surface area contributed by atoms with Crippen molar-refractivity contribution < 1.29 is 14.3 Å². The Labute approximate surface area is 63.1 Å². The molecule has 62 valence electrons. The molecule has 0 amide bonds. The maximum absolute atomic E-state index is 12.9. The summed E-state index contributed by atoms with van der Waals surface area (Å²) >= 11 is 0. The van der Waals surface area contributed by atoms with Gasteiger partial charge in [0.15, 0.2) is 0 Å². The predicted octanol–water partition coefficient (Wildman–Crippen LogP) is 0.0921. The van der Waals surface area contributed by atoms with Crippen LogP contribution in [0, 0.1) is 5.41 Å². The van der Waals surface area contributed by atoms with Crippen LogP contribution in [0.4, 0.5) is 4.39 Å². The lowest BCUT2D eigenvalue weighted by Crippen LogP contribution is -2.64. The summed E-state index contributed by atoms with van der Waals surface area (Å²) in [6.07, 6.45) is 0. The second-order valence-electron chi connectivity index (χ2n) is 2.71. The molecular formula is C6H9FN2O2. The van der Waals surface area contributed by atoms with Crippen molar-refractivity contribution in [1.29, 1.82) is 5.41 Å². The fraction of sp³-hybridized carbons (Fsp3) is 0.667. The highest BCUT2D eigenvalue weighted by Crippen LogP contribution is 2.25. The molecule has 5 heteroatoms. The smallest absolute Gasteiger partial charge is 0.345 e. The Morgan fingerprint density at radius 3 is 2.45 bits per heavy atom. The number of hydrogen-bond donors (Lipinski definition) is 2. The topological polar surface area (TPSA) is 64.4 Å². The van der Waals surface area contributed by atoms with E-state index in [1.807, 2.05) is 0 Å². The van der Waals surface area contributed by atoms with E-state index in [0.29, 0.717) is 0 Å². The van der Waals surface area contributed by atoms with Gasteiger partial charge in [-0.25, -0.2) is 9.18 Å². The van der Waals surface area contributed by atoms with Crippen LogP contribution in [0.5, 0.6) is 0 Å². The average molecular weight is 160 g/mol. The summed E-state index contributed by atoms with van der Waals surface area (Å²) in [5.74, 6) is -1.23. The number of carboxylic acids is 1. The van der Waals surface area contributed by atoms with Gasteiger partial charge in [-0.05, 0) is 6.92 Å². The van der Waals surface area contributed by atoms with Gasteiger partial charge in [-0.1, -0.05) is 0 Å². The zero-order valence-electron chi connectivity index (χ0n) is 6.09. The van der Waals surface area contributed by atoms with Crippen molar-refractivity contribution in [2.75, 3.05) is 13.1 Å². The first kappa shape index (κ1) is 7.97. The van der Waals surface area contributed by atoms with Crippen LogP contribution in [0.25, 0.3) is 0 Å². The summed E-state index contributed by atoms with van der Waals surface area (Å²) in [5.41, 5.74) is -2.12. The molecule has 11 heavy (non-hydrogen) atoms. The Morgan fingerprint density at radius 2 is 2.18 bits per heavy atom. The number of alkyl halides is 1. The van der Waals surface area contributed by atoms with Crippen LogP contribution in [0.2, 0.25) is 0 Å². The molecule has 0 aromatic carbocycles. The SMILES string of the molecule is CC(=N)N1CC(F)(C(=O)O)C1. The Morgan fingerprint density at radius 1 is 1.73 bits per heavy atom. The molecule has 4 nitrogen and oxygen atoms in total. The molecular weight excluding hydrogens is 151 g/mol. The first-order valence-electron chi connectivity index (χ1n) is 3.18. The molecule has 0 bridgehead atoms. The molecule has 2 N–H and O–H groups in total. The number of nitrogens with zero attached hydrogens (tertiary/aromatic N) is 1. The maximum Gasteiger partial charge on any atom is 0.345 e. The quantitative estimate of drug-likeness (QED) is 0.422. The highest BCUT2D eigenvalue weighted by molar-refractivity contribution is 5.85. The third-order valence-electron chi connectivity index (χ3n) is 1.74. The minimum atomic E-state index is -2.12.